The van der Waals surface area contributed by atoms with Crippen LogP contribution in [0.1, 0.15) is 43.7 Å². The first-order chi connectivity index (χ1) is 9.88. The predicted octanol–water partition coefficient (Wildman–Crippen LogP) is 3.43. The van der Waals surface area contributed by atoms with Gasteiger partial charge < -0.3 is 9.32 Å². The molecule has 0 aromatic carbocycles. The normalized spacial score (nSPS) is 43.3. The lowest BCUT2D eigenvalue weighted by Crippen LogP contribution is -2.54. The van der Waals surface area contributed by atoms with Crippen molar-refractivity contribution in [3.05, 3.63) is 21.7 Å². The van der Waals surface area contributed by atoms with E-state index in [-0.39, 0.29) is 16.7 Å². The molecule has 4 atom stereocenters. The summed E-state index contributed by atoms with van der Waals surface area (Å²) in [6, 6.07) is 6.04. The highest BCUT2D eigenvalue weighted by molar-refractivity contribution is 14.1. The Bertz CT molecular complexity index is 693. The number of piperidine rings is 1. The molecule has 4 nitrogen and oxygen atoms in total. The lowest BCUT2D eigenvalue weighted by Gasteiger charge is -2.42. The fourth-order valence-corrected chi connectivity index (χ4v) is 5.73. The van der Waals surface area contributed by atoms with Gasteiger partial charge in [-0.2, -0.15) is 5.26 Å². The third-order valence-electron chi connectivity index (χ3n) is 6.77. The van der Waals surface area contributed by atoms with E-state index in [9.17, 15) is 10.1 Å². The molecule has 0 unspecified atom stereocenters. The van der Waals surface area contributed by atoms with E-state index in [2.05, 4.69) is 42.5 Å². The van der Waals surface area contributed by atoms with Crippen molar-refractivity contribution in [3.63, 3.8) is 0 Å². The van der Waals surface area contributed by atoms with Crippen LogP contribution in [0.5, 0.6) is 0 Å². The number of nitrogens with zero attached hydrogens (tertiary/aromatic N) is 2. The summed E-state index contributed by atoms with van der Waals surface area (Å²) in [5.41, 5.74) is -0.674. The van der Waals surface area contributed by atoms with Crippen LogP contribution >= 0.6 is 22.6 Å². The smallest absolute Gasteiger partial charge is 0.290 e. The minimum absolute atomic E-state index is 0.0676. The van der Waals surface area contributed by atoms with Crippen molar-refractivity contribution in [1.82, 2.24) is 4.90 Å². The third-order valence-corrected chi connectivity index (χ3v) is 7.35. The summed E-state index contributed by atoms with van der Waals surface area (Å²) < 4.78 is 6.19. The van der Waals surface area contributed by atoms with Crippen LogP contribution < -0.4 is 0 Å². The minimum Gasteiger partial charge on any atom is -0.445 e. The molecule has 2 heterocycles. The molecule has 3 fully saturated rings. The number of carbonyl (C=O) groups is 1. The number of amides is 1. The van der Waals surface area contributed by atoms with E-state index < -0.39 is 5.54 Å². The van der Waals surface area contributed by atoms with Crippen molar-refractivity contribution in [2.24, 2.45) is 16.7 Å². The van der Waals surface area contributed by atoms with Crippen LogP contribution in [0.15, 0.2) is 16.5 Å². The number of furan rings is 1. The van der Waals surface area contributed by atoms with E-state index in [0.29, 0.717) is 22.0 Å². The molecule has 1 saturated heterocycles. The first kappa shape index (κ1) is 13.6. The van der Waals surface area contributed by atoms with E-state index in [4.69, 9.17) is 4.42 Å². The molecule has 0 radical (unpaired) electrons. The molecule has 1 aromatic rings. The minimum atomic E-state index is -0.653. The van der Waals surface area contributed by atoms with Gasteiger partial charge in [-0.05, 0) is 65.3 Å². The largest absolute Gasteiger partial charge is 0.445 e. The maximum Gasteiger partial charge on any atom is 0.290 e. The molecule has 0 N–H and O–H groups in total. The summed E-state index contributed by atoms with van der Waals surface area (Å²) in [7, 11) is 0. The van der Waals surface area contributed by atoms with Gasteiger partial charge in [0.25, 0.3) is 5.91 Å². The molecule has 4 rings (SSSR count). The third kappa shape index (κ3) is 1.29. The highest BCUT2D eigenvalue weighted by atomic mass is 127. The number of hydrogen-bond acceptors (Lipinski definition) is 3. The summed E-state index contributed by atoms with van der Waals surface area (Å²) in [5.74, 6) is 0.794. The van der Waals surface area contributed by atoms with Gasteiger partial charge in [0.05, 0.1) is 6.07 Å². The first-order valence-corrected chi connectivity index (χ1v) is 8.44. The molecule has 3 aliphatic rings. The van der Waals surface area contributed by atoms with Crippen molar-refractivity contribution in [3.8, 4) is 6.07 Å². The van der Waals surface area contributed by atoms with Gasteiger partial charge in [-0.25, -0.2) is 0 Å². The zero-order valence-electron chi connectivity index (χ0n) is 12.1. The van der Waals surface area contributed by atoms with Gasteiger partial charge >= 0.3 is 0 Å². The van der Waals surface area contributed by atoms with Gasteiger partial charge in [0.1, 0.15) is 5.54 Å². The second-order valence-electron chi connectivity index (χ2n) is 7.16. The Labute approximate surface area is 137 Å². The van der Waals surface area contributed by atoms with E-state index in [1.165, 1.54) is 6.42 Å². The average molecular weight is 396 g/mol. The summed E-state index contributed by atoms with van der Waals surface area (Å²) in [6.45, 7) is 5.16. The van der Waals surface area contributed by atoms with E-state index >= 15 is 0 Å². The summed E-state index contributed by atoms with van der Waals surface area (Å²) in [5, 5.41) is 9.94. The van der Waals surface area contributed by atoms with Crippen LogP contribution in [0.2, 0.25) is 0 Å². The molecule has 1 amide bonds. The number of halogens is 1. The Morgan fingerprint density at radius 1 is 1.52 bits per heavy atom. The lowest BCUT2D eigenvalue weighted by molar-refractivity contribution is 0.0399. The van der Waals surface area contributed by atoms with Crippen molar-refractivity contribution in [1.29, 1.82) is 5.26 Å². The molecule has 5 heteroatoms. The number of nitriles is 1. The zero-order valence-corrected chi connectivity index (χ0v) is 14.3. The van der Waals surface area contributed by atoms with Crippen LogP contribution in [0.25, 0.3) is 0 Å². The topological polar surface area (TPSA) is 57.2 Å². The Morgan fingerprint density at radius 3 is 2.86 bits per heavy atom. The number of rotatable bonds is 1. The molecule has 21 heavy (non-hydrogen) atoms. The van der Waals surface area contributed by atoms with Gasteiger partial charge in [-0.3, -0.25) is 4.79 Å². The maximum atomic E-state index is 12.9. The highest BCUT2D eigenvalue weighted by Crippen LogP contribution is 2.75. The fourth-order valence-electron chi connectivity index (χ4n) is 5.32. The number of hydrogen-bond donors (Lipinski definition) is 0. The second kappa shape index (κ2) is 3.83. The first-order valence-electron chi connectivity index (χ1n) is 7.36. The standard InChI is InChI=1S/C16H17IN2O2/c1-14-9-19(13(20)11-3-4-12(17)21-11)16(8-18)7-10(14)5-6-15(14,16)2/h3-4,10H,5-7,9H2,1-2H3/t10-,14+,15-,16-/m1/s1. The van der Waals surface area contributed by atoms with Gasteiger partial charge in [-0.15, -0.1) is 0 Å². The van der Waals surface area contributed by atoms with Crippen molar-refractivity contribution in [2.75, 3.05) is 6.54 Å². The van der Waals surface area contributed by atoms with Crippen LogP contribution in [0.3, 0.4) is 0 Å². The Balaban J connectivity index is 1.80. The Kier molecular flexibility index (Phi) is 2.49. The number of likely N-dealkylation sites (tertiary alicyclic amines) is 1. The van der Waals surface area contributed by atoms with E-state index in [1.807, 2.05) is 0 Å². The molecule has 1 aliphatic heterocycles. The van der Waals surface area contributed by atoms with Crippen LogP contribution in [0.4, 0.5) is 0 Å². The number of carbonyl (C=O) groups excluding carboxylic acids is 1. The summed E-state index contributed by atoms with van der Waals surface area (Å²) in [4.78, 5) is 14.7. The van der Waals surface area contributed by atoms with Gasteiger partial charge in [-0.1, -0.05) is 13.8 Å². The van der Waals surface area contributed by atoms with Gasteiger partial charge in [0.2, 0.25) is 0 Å². The fraction of sp³-hybridized carbons (Fsp3) is 0.625. The molecule has 2 saturated carbocycles. The molecule has 110 valence electrons. The van der Waals surface area contributed by atoms with Gasteiger partial charge in [0, 0.05) is 12.0 Å². The quantitative estimate of drug-likeness (QED) is 0.684. The summed E-state index contributed by atoms with van der Waals surface area (Å²) in [6.07, 6.45) is 3.05. The average Bonchev–Trinajstić information content (AvgIpc) is 3.10. The summed E-state index contributed by atoms with van der Waals surface area (Å²) >= 11 is 2.06. The molecule has 2 aliphatic carbocycles. The van der Waals surface area contributed by atoms with E-state index in [1.54, 1.807) is 17.0 Å². The Morgan fingerprint density at radius 2 is 2.29 bits per heavy atom. The zero-order chi connectivity index (χ0) is 15.0. The maximum absolute atomic E-state index is 12.9. The second-order valence-corrected chi connectivity index (χ2v) is 8.22. The predicted molar refractivity (Wildman–Crippen MR) is 84.4 cm³/mol. The molecular formula is C16H17IN2O2. The molecular weight excluding hydrogens is 379 g/mol. The van der Waals surface area contributed by atoms with Crippen molar-refractivity contribution < 1.29 is 9.21 Å². The van der Waals surface area contributed by atoms with E-state index in [0.717, 1.165) is 12.8 Å². The monoisotopic (exact) mass is 396 g/mol. The van der Waals surface area contributed by atoms with Crippen molar-refractivity contribution in [2.45, 2.75) is 38.6 Å². The highest BCUT2D eigenvalue weighted by Gasteiger charge is 2.79. The molecule has 1 aromatic heterocycles. The molecule has 0 spiro atoms. The molecule has 4 bridgehead atoms. The Hall–Kier alpha value is -1.03. The van der Waals surface area contributed by atoms with Gasteiger partial charge in [0.15, 0.2) is 9.53 Å². The van der Waals surface area contributed by atoms with Crippen LogP contribution in [-0.4, -0.2) is 22.9 Å². The van der Waals surface area contributed by atoms with Crippen LogP contribution in [0, 0.1) is 31.8 Å². The lowest BCUT2D eigenvalue weighted by atomic mass is 9.66. The van der Waals surface area contributed by atoms with Crippen molar-refractivity contribution >= 4 is 28.5 Å². The van der Waals surface area contributed by atoms with Crippen LogP contribution in [-0.2, 0) is 0 Å². The SMILES string of the molecule is C[C@]12CC[C@@H]3C[C@]1(C#N)N(C(=O)c1ccc(I)o1)C[C@@]32C.